The number of aromatic nitrogens is 1. The maximum absolute atomic E-state index is 13.9. The zero-order valence-electron chi connectivity index (χ0n) is 16.5. The third kappa shape index (κ3) is 4.64. The van der Waals surface area contributed by atoms with Crippen molar-refractivity contribution in [2.45, 2.75) is 57.9 Å². The van der Waals surface area contributed by atoms with Crippen molar-refractivity contribution in [3.05, 3.63) is 34.5 Å². The number of aryl methyl sites for hydroxylation is 1. The van der Waals surface area contributed by atoms with Crippen LogP contribution in [0, 0.1) is 5.41 Å². The van der Waals surface area contributed by atoms with E-state index in [4.69, 9.17) is 15.5 Å². The van der Waals surface area contributed by atoms with Gasteiger partial charge in [-0.05, 0) is 49.1 Å². The first kappa shape index (κ1) is 22.2. The number of anilines is 1. The number of hydrogen-bond donors (Lipinski definition) is 4. The lowest BCUT2D eigenvalue weighted by atomic mass is 10.0. The van der Waals surface area contributed by atoms with E-state index in [-0.39, 0.29) is 12.1 Å². The highest BCUT2D eigenvalue weighted by molar-refractivity contribution is 8.07. The maximum Gasteiger partial charge on any atom is 0.354 e. The lowest BCUT2D eigenvalue weighted by Gasteiger charge is -2.15. The number of nitrogens with two attached hydrogens (primary N) is 1. The highest BCUT2D eigenvalue weighted by Crippen LogP contribution is 2.41. The number of pyridine rings is 1. The van der Waals surface area contributed by atoms with Crippen molar-refractivity contribution < 1.29 is 22.2 Å². The van der Waals surface area contributed by atoms with Crippen LogP contribution in [0.4, 0.5) is 23.7 Å². The molecule has 0 bridgehead atoms. The fourth-order valence-electron chi connectivity index (χ4n) is 3.65. The van der Waals surface area contributed by atoms with Crippen molar-refractivity contribution in [2.24, 2.45) is 9.50 Å². The van der Waals surface area contributed by atoms with E-state index in [1.165, 1.54) is 5.32 Å². The second kappa shape index (κ2) is 7.99. The summed E-state index contributed by atoms with van der Waals surface area (Å²) in [4.78, 5) is 17.1. The molecule has 3 rings (SSSR count). The highest BCUT2D eigenvalue weighted by Gasteiger charge is 2.30. The summed E-state index contributed by atoms with van der Waals surface area (Å²) in [5.41, 5.74) is 4.17. The van der Waals surface area contributed by atoms with E-state index < -0.39 is 32.9 Å². The standard InChI is InChI=1S/C18H23F3N6O2S/c1-9-6-7-11-14(9)25-13-5-3-4-10(13)15(11)26-17(28)27-30(23,29)16(22)12(19)8-24-18(2,20)21/h8-9,22,24H,3-7H2,1-2H3,(H3,23,25,26,27,28,29)/b12-8+,22-16?/t9-,30?/m1/s1. The second-order valence-electron chi connectivity index (χ2n) is 7.51. The van der Waals surface area contributed by atoms with Gasteiger partial charge in [-0.25, -0.2) is 18.5 Å². The minimum atomic E-state index is -4.28. The molecule has 2 aliphatic carbocycles. The molecule has 0 aromatic carbocycles. The molecule has 1 aromatic rings. The smallest absolute Gasteiger partial charge is 0.331 e. The summed E-state index contributed by atoms with van der Waals surface area (Å²) in [6.45, 7) is 2.51. The topological polar surface area (TPSA) is 133 Å². The Morgan fingerprint density at radius 3 is 2.73 bits per heavy atom. The summed E-state index contributed by atoms with van der Waals surface area (Å²) in [5.74, 6) is -1.37. The normalized spacial score (nSPS) is 20.2. The molecular weight excluding hydrogens is 421 g/mol. The SMILES string of the molecule is C[C@@H]1CCc2c1nc1c(c2NC(=O)N=S(N)(=O)C(=N)/C(F)=C\NC(C)(F)F)CCC1. The number of carbonyl (C=O) groups excluding carboxylic acids is 1. The van der Waals surface area contributed by atoms with Crippen molar-refractivity contribution in [3.8, 4) is 0 Å². The average molecular weight is 444 g/mol. The Bertz CT molecular complexity index is 1060. The number of amides is 2. The zero-order chi connectivity index (χ0) is 22.3. The summed E-state index contributed by atoms with van der Waals surface area (Å²) in [5, 5.41) is 15.5. The number of nitrogens with one attached hydrogen (secondary N) is 3. The van der Waals surface area contributed by atoms with E-state index in [2.05, 4.69) is 9.68 Å². The van der Waals surface area contributed by atoms with E-state index >= 15 is 0 Å². The number of hydrogen-bond acceptors (Lipinski definition) is 5. The van der Waals surface area contributed by atoms with Gasteiger partial charge in [0.15, 0.2) is 20.8 Å². The molecule has 0 fully saturated rings. The van der Waals surface area contributed by atoms with Crippen LogP contribution in [0.5, 0.6) is 0 Å². The predicted molar refractivity (Wildman–Crippen MR) is 107 cm³/mol. The minimum Gasteiger partial charge on any atom is -0.331 e. The molecule has 12 heteroatoms. The van der Waals surface area contributed by atoms with Crippen LogP contribution in [0.1, 0.15) is 55.1 Å². The van der Waals surface area contributed by atoms with Gasteiger partial charge in [-0.3, -0.25) is 10.4 Å². The molecule has 0 saturated heterocycles. The van der Waals surface area contributed by atoms with Gasteiger partial charge in [0.05, 0.1) is 5.69 Å². The number of alkyl halides is 2. The highest BCUT2D eigenvalue weighted by atomic mass is 32.2. The first-order chi connectivity index (χ1) is 13.9. The Kier molecular flexibility index (Phi) is 5.92. The van der Waals surface area contributed by atoms with Gasteiger partial charge >= 0.3 is 12.1 Å². The monoisotopic (exact) mass is 444 g/mol. The van der Waals surface area contributed by atoms with Crippen LogP contribution in [0.3, 0.4) is 0 Å². The van der Waals surface area contributed by atoms with Gasteiger partial charge in [0.2, 0.25) is 0 Å². The van der Waals surface area contributed by atoms with Crippen LogP contribution in [-0.2, 0) is 29.2 Å². The van der Waals surface area contributed by atoms with Gasteiger partial charge in [0.1, 0.15) is 0 Å². The van der Waals surface area contributed by atoms with E-state index in [9.17, 15) is 22.2 Å². The van der Waals surface area contributed by atoms with Crippen molar-refractivity contribution in [1.29, 1.82) is 5.41 Å². The van der Waals surface area contributed by atoms with Crippen LogP contribution in [-0.4, -0.2) is 26.3 Å². The number of carbonyl (C=O) groups is 1. The van der Waals surface area contributed by atoms with E-state index in [1.807, 2.05) is 6.92 Å². The van der Waals surface area contributed by atoms with Gasteiger partial charge in [-0.15, -0.1) is 4.36 Å². The minimum absolute atomic E-state index is 0.159. The molecule has 2 atom stereocenters. The summed E-state index contributed by atoms with van der Waals surface area (Å²) >= 11 is 0. The van der Waals surface area contributed by atoms with E-state index in [1.54, 1.807) is 0 Å². The third-order valence-corrected chi connectivity index (χ3v) is 6.28. The molecule has 2 aliphatic rings. The van der Waals surface area contributed by atoms with Crippen molar-refractivity contribution in [1.82, 2.24) is 10.3 Å². The zero-order valence-corrected chi connectivity index (χ0v) is 17.3. The summed E-state index contributed by atoms with van der Waals surface area (Å²) in [6.07, 6.45) is 4.17. The summed E-state index contributed by atoms with van der Waals surface area (Å²) in [7, 11) is -4.28. The molecule has 0 spiro atoms. The Morgan fingerprint density at radius 1 is 1.37 bits per heavy atom. The van der Waals surface area contributed by atoms with E-state index in [0.29, 0.717) is 19.0 Å². The number of halogens is 3. The molecule has 1 heterocycles. The molecule has 1 unspecified atom stereocenters. The Morgan fingerprint density at radius 2 is 2.07 bits per heavy atom. The van der Waals surface area contributed by atoms with Crippen molar-refractivity contribution >= 4 is 26.7 Å². The lowest BCUT2D eigenvalue weighted by Crippen LogP contribution is -2.30. The number of urea groups is 1. The summed E-state index contributed by atoms with van der Waals surface area (Å²) < 4.78 is 55.0. The van der Waals surface area contributed by atoms with Gasteiger partial charge < -0.3 is 10.6 Å². The Labute approximate surface area is 172 Å². The van der Waals surface area contributed by atoms with Gasteiger partial charge in [-0.2, -0.15) is 8.78 Å². The second-order valence-corrected chi connectivity index (χ2v) is 9.24. The molecule has 1 aromatic heterocycles. The first-order valence-electron chi connectivity index (χ1n) is 9.39. The molecule has 164 valence electrons. The number of rotatable bonds is 4. The van der Waals surface area contributed by atoms with Gasteiger partial charge in [0, 0.05) is 24.5 Å². The lowest BCUT2D eigenvalue weighted by molar-refractivity contribution is -0.00104. The van der Waals surface area contributed by atoms with Crippen LogP contribution < -0.4 is 15.8 Å². The molecule has 0 saturated carbocycles. The molecule has 0 aliphatic heterocycles. The predicted octanol–water partition coefficient (Wildman–Crippen LogP) is 3.48. The van der Waals surface area contributed by atoms with Crippen LogP contribution >= 0.6 is 0 Å². The molecule has 30 heavy (non-hydrogen) atoms. The van der Waals surface area contributed by atoms with Crippen LogP contribution in [0.15, 0.2) is 16.4 Å². The Balaban J connectivity index is 1.87. The fraction of sp³-hybridized carbons (Fsp3) is 0.500. The molecular formula is C18H23F3N6O2S. The molecule has 0 radical (unpaired) electrons. The van der Waals surface area contributed by atoms with Crippen LogP contribution in [0.25, 0.3) is 0 Å². The third-order valence-electron chi connectivity index (χ3n) is 5.06. The molecule has 2 amide bonds. The largest absolute Gasteiger partial charge is 0.354 e. The van der Waals surface area contributed by atoms with Gasteiger partial charge in [-0.1, -0.05) is 6.92 Å². The van der Waals surface area contributed by atoms with E-state index in [0.717, 1.165) is 48.2 Å². The summed E-state index contributed by atoms with van der Waals surface area (Å²) in [6, 6.07) is -4.56. The quantitative estimate of drug-likeness (QED) is 0.321. The van der Waals surface area contributed by atoms with Crippen LogP contribution in [0.2, 0.25) is 0 Å². The Hall–Kier alpha value is -2.47. The number of fused-ring (bicyclic) bond motifs is 2. The average Bonchev–Trinajstić information content (AvgIpc) is 3.25. The fourth-order valence-corrected chi connectivity index (χ4v) is 4.37. The number of nitrogens with zero attached hydrogens (tertiary/aromatic N) is 2. The van der Waals surface area contributed by atoms with Gasteiger partial charge in [0.25, 0.3) is 0 Å². The van der Waals surface area contributed by atoms with Crippen molar-refractivity contribution in [3.63, 3.8) is 0 Å². The molecule has 5 N–H and O–H groups in total. The van der Waals surface area contributed by atoms with Crippen molar-refractivity contribution in [2.75, 3.05) is 5.32 Å². The first-order valence-corrected chi connectivity index (χ1v) is 11.0. The maximum atomic E-state index is 13.9. The molecule has 8 nitrogen and oxygen atoms in total.